The number of aromatic nitrogens is 4. The van der Waals surface area contributed by atoms with Crippen molar-refractivity contribution in [2.75, 3.05) is 23.3 Å². The monoisotopic (exact) mass is 456 g/mol. The first-order valence-corrected chi connectivity index (χ1v) is 11.3. The van der Waals surface area contributed by atoms with E-state index in [-0.39, 0.29) is 17.6 Å². The summed E-state index contributed by atoms with van der Waals surface area (Å²) in [5.74, 6) is 0.811. The summed E-state index contributed by atoms with van der Waals surface area (Å²) in [7, 11) is 0. The standard InChI is InChI=1S/C26H25FN6O/c27-22-10-8-20(9-11-22)24-25(33(18-30-24)16-19-5-2-1-3-6-19)31-26(34)21-7-4-14-32(17-21)23-15-28-12-13-29-23/h1-3,5-6,8-13,15,18,21H,4,7,14,16-17H2,(H,31,34). The summed E-state index contributed by atoms with van der Waals surface area (Å²) < 4.78 is 15.4. The van der Waals surface area contributed by atoms with Crippen LogP contribution >= 0.6 is 0 Å². The summed E-state index contributed by atoms with van der Waals surface area (Å²) in [6.07, 6.45) is 8.43. The molecule has 1 unspecified atom stereocenters. The van der Waals surface area contributed by atoms with Crippen molar-refractivity contribution in [2.24, 2.45) is 5.92 Å². The van der Waals surface area contributed by atoms with Gasteiger partial charge in [-0.05, 0) is 42.7 Å². The van der Waals surface area contributed by atoms with Crippen LogP contribution in [0.25, 0.3) is 11.3 Å². The second-order valence-corrected chi connectivity index (χ2v) is 8.40. The average molecular weight is 457 g/mol. The molecule has 0 spiro atoms. The van der Waals surface area contributed by atoms with Crippen molar-refractivity contribution in [3.05, 3.63) is 90.9 Å². The van der Waals surface area contributed by atoms with Gasteiger partial charge in [0.25, 0.3) is 0 Å². The van der Waals surface area contributed by atoms with Crippen LogP contribution in [0.15, 0.2) is 79.5 Å². The average Bonchev–Trinajstić information content (AvgIpc) is 3.27. The van der Waals surface area contributed by atoms with E-state index in [2.05, 4.69) is 25.2 Å². The Morgan fingerprint density at radius 1 is 1.06 bits per heavy atom. The van der Waals surface area contributed by atoms with Gasteiger partial charge < -0.3 is 14.8 Å². The molecule has 0 radical (unpaired) electrons. The number of anilines is 2. The number of amides is 1. The summed E-state index contributed by atoms with van der Waals surface area (Å²) in [4.78, 5) is 28.6. The maximum absolute atomic E-state index is 13.5. The van der Waals surface area contributed by atoms with Gasteiger partial charge in [0.1, 0.15) is 23.1 Å². The molecule has 7 nitrogen and oxygen atoms in total. The van der Waals surface area contributed by atoms with Crippen LogP contribution in [-0.4, -0.2) is 38.5 Å². The lowest BCUT2D eigenvalue weighted by Gasteiger charge is -2.32. The highest BCUT2D eigenvalue weighted by atomic mass is 19.1. The number of benzene rings is 2. The molecule has 1 aliphatic heterocycles. The number of carbonyl (C=O) groups excluding carboxylic acids is 1. The molecule has 2 aromatic carbocycles. The maximum Gasteiger partial charge on any atom is 0.230 e. The van der Waals surface area contributed by atoms with Crippen molar-refractivity contribution >= 4 is 17.5 Å². The normalized spacial score (nSPS) is 15.8. The summed E-state index contributed by atoms with van der Waals surface area (Å²) in [6, 6.07) is 16.1. The highest BCUT2D eigenvalue weighted by Crippen LogP contribution is 2.29. The van der Waals surface area contributed by atoms with Crippen LogP contribution in [0, 0.1) is 11.7 Å². The smallest absolute Gasteiger partial charge is 0.230 e. The minimum atomic E-state index is -0.315. The van der Waals surface area contributed by atoms with Crippen LogP contribution in [0.5, 0.6) is 0 Å². The van der Waals surface area contributed by atoms with E-state index in [4.69, 9.17) is 0 Å². The number of carbonyl (C=O) groups is 1. The highest BCUT2D eigenvalue weighted by molar-refractivity contribution is 5.95. The molecule has 8 heteroatoms. The molecule has 1 aliphatic rings. The Labute approximate surface area is 197 Å². The first-order chi connectivity index (χ1) is 16.7. The van der Waals surface area contributed by atoms with Gasteiger partial charge in [0.15, 0.2) is 0 Å². The van der Waals surface area contributed by atoms with Crippen LogP contribution in [0.4, 0.5) is 16.0 Å². The third-order valence-corrected chi connectivity index (χ3v) is 6.06. The lowest BCUT2D eigenvalue weighted by molar-refractivity contribution is -0.120. The number of hydrogen-bond donors (Lipinski definition) is 1. The first kappa shape index (κ1) is 21.8. The van der Waals surface area contributed by atoms with E-state index < -0.39 is 0 Å². The predicted molar refractivity (Wildman–Crippen MR) is 129 cm³/mol. The molecular weight excluding hydrogens is 431 g/mol. The highest BCUT2D eigenvalue weighted by Gasteiger charge is 2.28. The molecule has 1 saturated heterocycles. The molecular formula is C26H25FN6O. The molecule has 5 rings (SSSR count). The molecule has 0 bridgehead atoms. The zero-order valence-electron chi connectivity index (χ0n) is 18.6. The Bertz CT molecular complexity index is 1240. The van der Waals surface area contributed by atoms with Gasteiger partial charge in [0, 0.05) is 31.0 Å². The number of halogens is 1. The summed E-state index contributed by atoms with van der Waals surface area (Å²) in [5, 5.41) is 3.14. The number of piperidine rings is 1. The summed E-state index contributed by atoms with van der Waals surface area (Å²) in [6.45, 7) is 1.97. The number of hydrogen-bond acceptors (Lipinski definition) is 5. The Morgan fingerprint density at radius 3 is 2.65 bits per heavy atom. The van der Waals surface area contributed by atoms with Gasteiger partial charge in [-0.25, -0.2) is 14.4 Å². The Kier molecular flexibility index (Phi) is 6.29. The quantitative estimate of drug-likeness (QED) is 0.466. The van der Waals surface area contributed by atoms with Crippen LogP contribution < -0.4 is 10.2 Å². The lowest BCUT2D eigenvalue weighted by Crippen LogP contribution is -2.41. The molecule has 4 aromatic rings. The van der Waals surface area contributed by atoms with Crippen LogP contribution in [0.2, 0.25) is 0 Å². The van der Waals surface area contributed by atoms with E-state index in [0.29, 0.717) is 24.6 Å². The third-order valence-electron chi connectivity index (χ3n) is 6.06. The minimum absolute atomic E-state index is 0.0632. The van der Waals surface area contributed by atoms with E-state index in [0.717, 1.165) is 36.3 Å². The Hall–Kier alpha value is -4.07. The van der Waals surface area contributed by atoms with Crippen LogP contribution in [0.3, 0.4) is 0 Å². The summed E-state index contributed by atoms with van der Waals surface area (Å²) in [5.41, 5.74) is 2.45. The van der Waals surface area contributed by atoms with Crippen molar-refractivity contribution in [2.45, 2.75) is 19.4 Å². The Balaban J connectivity index is 1.41. The molecule has 3 heterocycles. The van der Waals surface area contributed by atoms with E-state index in [1.54, 1.807) is 37.1 Å². The Morgan fingerprint density at radius 2 is 1.88 bits per heavy atom. The summed E-state index contributed by atoms with van der Waals surface area (Å²) >= 11 is 0. The minimum Gasteiger partial charge on any atom is -0.355 e. The maximum atomic E-state index is 13.5. The second-order valence-electron chi connectivity index (χ2n) is 8.40. The molecule has 172 valence electrons. The topological polar surface area (TPSA) is 75.9 Å². The second kappa shape index (κ2) is 9.82. The number of imidazole rings is 1. The molecule has 34 heavy (non-hydrogen) atoms. The van der Waals surface area contributed by atoms with Gasteiger partial charge >= 0.3 is 0 Å². The SMILES string of the molecule is O=C(Nc1c(-c2ccc(F)cc2)ncn1Cc1ccccc1)C1CCCN(c2cnccn2)C1. The fourth-order valence-electron chi connectivity index (χ4n) is 4.30. The zero-order chi connectivity index (χ0) is 23.3. The molecule has 1 fully saturated rings. The van der Waals surface area contributed by atoms with E-state index in [1.807, 2.05) is 34.9 Å². The number of nitrogens with zero attached hydrogens (tertiary/aromatic N) is 5. The zero-order valence-corrected chi connectivity index (χ0v) is 18.6. The fourth-order valence-corrected chi connectivity index (χ4v) is 4.30. The van der Waals surface area contributed by atoms with E-state index in [9.17, 15) is 9.18 Å². The number of rotatable bonds is 6. The van der Waals surface area contributed by atoms with Gasteiger partial charge in [-0.3, -0.25) is 9.78 Å². The predicted octanol–water partition coefficient (Wildman–Crippen LogP) is 4.38. The fraction of sp³-hybridized carbons (Fsp3) is 0.231. The molecule has 1 atom stereocenters. The van der Waals surface area contributed by atoms with Gasteiger partial charge in [-0.1, -0.05) is 30.3 Å². The van der Waals surface area contributed by atoms with Crippen molar-refractivity contribution < 1.29 is 9.18 Å². The van der Waals surface area contributed by atoms with Crippen molar-refractivity contribution in [1.82, 2.24) is 19.5 Å². The molecule has 0 aliphatic carbocycles. The molecule has 0 saturated carbocycles. The van der Waals surface area contributed by atoms with E-state index in [1.165, 1.54) is 12.1 Å². The molecule has 1 amide bonds. The van der Waals surface area contributed by atoms with Gasteiger partial charge in [0.2, 0.25) is 5.91 Å². The van der Waals surface area contributed by atoms with Crippen LogP contribution in [0.1, 0.15) is 18.4 Å². The van der Waals surface area contributed by atoms with Gasteiger partial charge in [0.05, 0.1) is 25.0 Å². The van der Waals surface area contributed by atoms with Crippen molar-refractivity contribution in [3.63, 3.8) is 0 Å². The van der Waals surface area contributed by atoms with Gasteiger partial charge in [-0.2, -0.15) is 0 Å². The van der Waals surface area contributed by atoms with Gasteiger partial charge in [-0.15, -0.1) is 0 Å². The molecule has 2 aromatic heterocycles. The molecule has 1 N–H and O–H groups in total. The largest absolute Gasteiger partial charge is 0.355 e. The van der Waals surface area contributed by atoms with Crippen molar-refractivity contribution in [3.8, 4) is 11.3 Å². The number of nitrogens with one attached hydrogen (secondary N) is 1. The van der Waals surface area contributed by atoms with E-state index >= 15 is 0 Å². The van der Waals surface area contributed by atoms with Crippen molar-refractivity contribution in [1.29, 1.82) is 0 Å². The lowest BCUT2D eigenvalue weighted by atomic mass is 9.97. The third kappa shape index (κ3) is 4.80. The first-order valence-electron chi connectivity index (χ1n) is 11.3. The van der Waals surface area contributed by atoms with Crippen LogP contribution in [-0.2, 0) is 11.3 Å².